The van der Waals surface area contributed by atoms with Gasteiger partial charge in [-0.15, -0.1) is 0 Å². The van der Waals surface area contributed by atoms with Crippen molar-refractivity contribution in [3.63, 3.8) is 0 Å². The minimum Gasteiger partial charge on any atom is -0.384 e. The van der Waals surface area contributed by atoms with Crippen molar-refractivity contribution < 1.29 is 13.2 Å². The lowest BCUT2D eigenvalue weighted by Crippen LogP contribution is -2.29. The maximum Gasteiger partial charge on any atom is 0.261 e. The predicted molar refractivity (Wildman–Crippen MR) is 101 cm³/mol. The maximum absolute atomic E-state index is 14.3. The Morgan fingerprint density at radius 2 is 2.04 bits per heavy atom. The summed E-state index contributed by atoms with van der Waals surface area (Å²) < 4.78 is 40.3. The second-order valence-corrected chi connectivity index (χ2v) is 8.46. The van der Waals surface area contributed by atoms with Gasteiger partial charge >= 0.3 is 0 Å². The Bertz CT molecular complexity index is 898. The number of rotatable bonds is 6. The van der Waals surface area contributed by atoms with Gasteiger partial charge in [0.05, 0.1) is 11.3 Å². The van der Waals surface area contributed by atoms with Crippen LogP contribution in [-0.4, -0.2) is 40.8 Å². The maximum atomic E-state index is 14.3. The average molecular weight is 398 g/mol. The van der Waals surface area contributed by atoms with Gasteiger partial charge in [0.25, 0.3) is 11.5 Å². The number of hydrogen-bond acceptors (Lipinski definition) is 5. The SMILES string of the molecule is O=c1[nH]c(CSC2CCNCC2)nc2cc(NCC3CC3(F)F)cc(F)c12. The molecule has 5 nitrogen and oxygen atoms in total. The number of aromatic amines is 1. The van der Waals surface area contributed by atoms with E-state index in [2.05, 4.69) is 20.6 Å². The molecule has 1 unspecified atom stereocenters. The van der Waals surface area contributed by atoms with Crippen molar-refractivity contribution in [2.75, 3.05) is 25.0 Å². The second-order valence-electron chi connectivity index (χ2n) is 7.17. The molecule has 0 radical (unpaired) electrons. The summed E-state index contributed by atoms with van der Waals surface area (Å²) in [6.45, 7) is 2.04. The van der Waals surface area contributed by atoms with E-state index in [0.29, 0.717) is 22.5 Å². The van der Waals surface area contributed by atoms with Gasteiger partial charge in [-0.3, -0.25) is 4.79 Å². The van der Waals surface area contributed by atoms with Gasteiger partial charge in [0, 0.05) is 29.8 Å². The molecule has 1 aromatic carbocycles. The van der Waals surface area contributed by atoms with Crippen LogP contribution in [0, 0.1) is 11.7 Å². The lowest BCUT2D eigenvalue weighted by Gasteiger charge is -2.21. The summed E-state index contributed by atoms with van der Waals surface area (Å²) in [5, 5.41) is 6.55. The van der Waals surface area contributed by atoms with Gasteiger partial charge in [-0.1, -0.05) is 0 Å². The number of anilines is 1. The van der Waals surface area contributed by atoms with Gasteiger partial charge in [0.2, 0.25) is 0 Å². The molecule has 1 saturated carbocycles. The number of piperidine rings is 1. The first-order valence-electron chi connectivity index (χ1n) is 9.09. The highest BCUT2D eigenvalue weighted by Crippen LogP contribution is 2.48. The van der Waals surface area contributed by atoms with Crippen molar-refractivity contribution in [2.24, 2.45) is 5.92 Å². The fraction of sp³-hybridized carbons (Fsp3) is 0.556. The molecule has 0 spiro atoms. The number of hydrogen-bond donors (Lipinski definition) is 3. The number of nitrogens with one attached hydrogen (secondary N) is 3. The van der Waals surface area contributed by atoms with Crippen LogP contribution in [0.3, 0.4) is 0 Å². The van der Waals surface area contributed by atoms with E-state index >= 15 is 0 Å². The molecule has 9 heteroatoms. The molecule has 4 rings (SSSR count). The highest BCUT2D eigenvalue weighted by Gasteiger charge is 2.56. The van der Waals surface area contributed by atoms with Crippen LogP contribution < -0.4 is 16.2 Å². The molecule has 0 amide bonds. The summed E-state index contributed by atoms with van der Waals surface area (Å²) in [6.07, 6.45) is 1.99. The highest BCUT2D eigenvalue weighted by atomic mass is 32.2. The lowest BCUT2D eigenvalue weighted by molar-refractivity contribution is 0.101. The normalized spacial score (nSPS) is 22.1. The molecular weight excluding hydrogens is 377 g/mol. The Balaban J connectivity index is 1.51. The Morgan fingerprint density at radius 3 is 2.74 bits per heavy atom. The van der Waals surface area contributed by atoms with Gasteiger partial charge in [-0.25, -0.2) is 18.2 Å². The largest absolute Gasteiger partial charge is 0.384 e. The summed E-state index contributed by atoms with van der Waals surface area (Å²) in [4.78, 5) is 19.3. The van der Waals surface area contributed by atoms with Gasteiger partial charge in [0.15, 0.2) is 0 Å². The topological polar surface area (TPSA) is 69.8 Å². The van der Waals surface area contributed by atoms with E-state index in [0.717, 1.165) is 32.0 Å². The summed E-state index contributed by atoms with van der Waals surface area (Å²) in [5.41, 5.74) is 0.0844. The molecule has 146 valence electrons. The van der Waals surface area contributed by atoms with E-state index in [4.69, 9.17) is 0 Å². The Labute approximate surface area is 158 Å². The Hall–Kier alpha value is -1.74. The summed E-state index contributed by atoms with van der Waals surface area (Å²) in [5.74, 6) is -3.01. The molecule has 1 aliphatic heterocycles. The molecule has 1 aliphatic carbocycles. The van der Waals surface area contributed by atoms with E-state index in [1.54, 1.807) is 17.8 Å². The number of halogens is 3. The molecule has 1 atom stereocenters. The smallest absolute Gasteiger partial charge is 0.261 e. The van der Waals surface area contributed by atoms with Crippen molar-refractivity contribution in [1.82, 2.24) is 15.3 Å². The van der Waals surface area contributed by atoms with Gasteiger partial charge < -0.3 is 15.6 Å². The van der Waals surface area contributed by atoms with Crippen LogP contribution in [0.2, 0.25) is 0 Å². The van der Waals surface area contributed by atoms with Gasteiger partial charge in [0.1, 0.15) is 17.0 Å². The van der Waals surface area contributed by atoms with Crippen LogP contribution in [0.5, 0.6) is 0 Å². The van der Waals surface area contributed by atoms with Crippen molar-refractivity contribution in [2.45, 2.75) is 36.2 Å². The zero-order valence-corrected chi connectivity index (χ0v) is 15.5. The molecule has 1 saturated heterocycles. The molecule has 1 aromatic heterocycles. The van der Waals surface area contributed by atoms with Gasteiger partial charge in [-0.2, -0.15) is 11.8 Å². The quantitative estimate of drug-likeness (QED) is 0.698. The zero-order chi connectivity index (χ0) is 19.0. The van der Waals surface area contributed by atoms with Crippen molar-refractivity contribution >= 4 is 28.4 Å². The summed E-state index contributed by atoms with van der Waals surface area (Å²) in [6, 6.07) is 2.70. The molecular formula is C18H21F3N4OS. The summed E-state index contributed by atoms with van der Waals surface area (Å²) >= 11 is 1.73. The van der Waals surface area contributed by atoms with E-state index in [1.165, 1.54) is 0 Å². The first-order chi connectivity index (χ1) is 12.9. The first kappa shape index (κ1) is 18.6. The number of benzene rings is 1. The molecule has 0 bridgehead atoms. The van der Waals surface area contributed by atoms with Crippen LogP contribution >= 0.6 is 11.8 Å². The first-order valence-corrected chi connectivity index (χ1v) is 10.1. The molecule has 2 heterocycles. The monoisotopic (exact) mass is 398 g/mol. The average Bonchev–Trinajstić information content (AvgIpc) is 3.25. The van der Waals surface area contributed by atoms with Gasteiger partial charge in [-0.05, 0) is 38.1 Å². The summed E-state index contributed by atoms with van der Waals surface area (Å²) in [7, 11) is 0. The second kappa shape index (κ2) is 7.35. The number of thioether (sulfide) groups is 1. The number of H-pyrrole nitrogens is 1. The molecule has 27 heavy (non-hydrogen) atoms. The van der Waals surface area contributed by atoms with Crippen molar-refractivity contribution in [3.05, 3.63) is 34.1 Å². The fourth-order valence-electron chi connectivity index (χ4n) is 3.33. The van der Waals surface area contributed by atoms with Crippen LogP contribution in [0.4, 0.5) is 18.9 Å². The third-order valence-electron chi connectivity index (χ3n) is 5.06. The van der Waals surface area contributed by atoms with Crippen LogP contribution in [0.1, 0.15) is 25.1 Å². The third-order valence-corrected chi connectivity index (χ3v) is 6.44. The van der Waals surface area contributed by atoms with Crippen LogP contribution in [0.25, 0.3) is 10.9 Å². The minimum atomic E-state index is -2.63. The third kappa shape index (κ3) is 4.24. The number of fused-ring (bicyclic) bond motifs is 1. The number of aromatic nitrogens is 2. The van der Waals surface area contributed by atoms with Crippen LogP contribution in [0.15, 0.2) is 16.9 Å². The van der Waals surface area contributed by atoms with Crippen molar-refractivity contribution in [1.29, 1.82) is 0 Å². The Morgan fingerprint density at radius 1 is 1.30 bits per heavy atom. The molecule has 2 aliphatic rings. The molecule has 3 N–H and O–H groups in total. The lowest BCUT2D eigenvalue weighted by atomic mass is 10.2. The minimum absolute atomic E-state index is 0.0690. The highest BCUT2D eigenvalue weighted by molar-refractivity contribution is 7.99. The predicted octanol–water partition coefficient (Wildman–Crippen LogP) is 3.11. The number of alkyl halides is 2. The van der Waals surface area contributed by atoms with E-state index in [-0.39, 0.29) is 23.9 Å². The van der Waals surface area contributed by atoms with Crippen LogP contribution in [-0.2, 0) is 5.75 Å². The number of nitrogens with zero attached hydrogens (tertiary/aromatic N) is 1. The van der Waals surface area contributed by atoms with E-state index < -0.39 is 23.2 Å². The van der Waals surface area contributed by atoms with E-state index in [1.807, 2.05) is 0 Å². The zero-order valence-electron chi connectivity index (χ0n) is 14.7. The fourth-order valence-corrected chi connectivity index (χ4v) is 4.43. The van der Waals surface area contributed by atoms with Crippen molar-refractivity contribution in [3.8, 4) is 0 Å². The standard InChI is InChI=1S/C18H21F3N4OS/c19-13-5-11(23-8-10-7-18(10,20)21)6-14-16(13)17(26)25-15(24-14)9-27-12-1-3-22-4-2-12/h5-6,10,12,22-23H,1-4,7-9H2,(H,24,25,26). The molecule has 2 fully saturated rings. The van der Waals surface area contributed by atoms with E-state index in [9.17, 15) is 18.0 Å². The Kier molecular flexibility index (Phi) is 5.07. The molecule has 2 aromatic rings.